The Kier molecular flexibility index (Phi) is 4.99. The molecule has 112 valence electrons. The van der Waals surface area contributed by atoms with E-state index in [4.69, 9.17) is 5.73 Å². The molecule has 0 saturated heterocycles. The molecule has 2 amide bonds. The molecule has 0 aliphatic heterocycles. The highest BCUT2D eigenvalue weighted by atomic mass is 19.4. The summed E-state index contributed by atoms with van der Waals surface area (Å²) in [7, 11) is 0. The van der Waals surface area contributed by atoms with Crippen LogP contribution < -0.4 is 16.4 Å². The summed E-state index contributed by atoms with van der Waals surface area (Å²) >= 11 is 0. The fraction of sp³-hybridized carbons (Fsp3) is 0.818. The summed E-state index contributed by atoms with van der Waals surface area (Å²) in [4.78, 5) is 23.1. The van der Waals surface area contributed by atoms with Gasteiger partial charge < -0.3 is 16.4 Å². The molecule has 0 radical (unpaired) electrons. The van der Waals surface area contributed by atoms with E-state index < -0.39 is 35.1 Å². The molecule has 0 aromatic carbocycles. The first-order valence-corrected chi connectivity index (χ1v) is 5.67. The Balaban J connectivity index is 4.71. The van der Waals surface area contributed by atoms with Crippen molar-refractivity contribution in [3.63, 3.8) is 0 Å². The van der Waals surface area contributed by atoms with Crippen molar-refractivity contribution >= 4 is 11.8 Å². The fourth-order valence-corrected chi connectivity index (χ4v) is 1.02. The molecule has 2 atom stereocenters. The fourth-order valence-electron chi connectivity index (χ4n) is 1.02. The van der Waals surface area contributed by atoms with Crippen molar-refractivity contribution in [1.29, 1.82) is 0 Å². The Morgan fingerprint density at radius 3 is 1.84 bits per heavy atom. The standard InChI is InChI=1S/C11H20F3N3O2/c1-6(7(18)17-9(2,3)4)16-8(19)10(5,15)11(12,13)14/h6H,15H2,1-5H3,(H,16,19)(H,17,18). The second-order valence-corrected chi connectivity index (χ2v) is 5.63. The molecule has 0 rings (SSSR count). The topological polar surface area (TPSA) is 84.2 Å². The zero-order valence-electron chi connectivity index (χ0n) is 11.6. The number of alkyl halides is 3. The molecule has 5 nitrogen and oxygen atoms in total. The molecular weight excluding hydrogens is 263 g/mol. The molecule has 0 heterocycles. The molecule has 0 aliphatic carbocycles. The van der Waals surface area contributed by atoms with E-state index in [1.807, 2.05) is 5.32 Å². The van der Waals surface area contributed by atoms with Gasteiger partial charge in [0.2, 0.25) is 11.8 Å². The summed E-state index contributed by atoms with van der Waals surface area (Å²) in [5, 5.41) is 4.49. The van der Waals surface area contributed by atoms with E-state index in [-0.39, 0.29) is 0 Å². The molecule has 0 spiro atoms. The summed E-state index contributed by atoms with van der Waals surface area (Å²) in [6.45, 7) is 6.97. The predicted octanol–water partition coefficient (Wildman–Crippen LogP) is 0.685. The molecular formula is C11H20F3N3O2. The lowest BCUT2D eigenvalue weighted by Gasteiger charge is -2.29. The predicted molar refractivity (Wildman–Crippen MR) is 64.1 cm³/mol. The number of carbonyl (C=O) groups is 2. The molecule has 8 heteroatoms. The first-order valence-electron chi connectivity index (χ1n) is 5.67. The van der Waals surface area contributed by atoms with Crippen LogP contribution in [0.4, 0.5) is 13.2 Å². The Labute approximate surface area is 110 Å². The normalized spacial score (nSPS) is 17.3. The Hall–Kier alpha value is -1.31. The maximum Gasteiger partial charge on any atom is 0.415 e. The van der Waals surface area contributed by atoms with Crippen LogP contribution in [0, 0.1) is 0 Å². The van der Waals surface area contributed by atoms with Crippen LogP contribution in [-0.2, 0) is 9.59 Å². The highest BCUT2D eigenvalue weighted by Crippen LogP contribution is 2.27. The van der Waals surface area contributed by atoms with Gasteiger partial charge in [0, 0.05) is 5.54 Å². The lowest BCUT2D eigenvalue weighted by Crippen LogP contribution is -2.64. The Morgan fingerprint density at radius 1 is 1.11 bits per heavy atom. The van der Waals surface area contributed by atoms with Crippen molar-refractivity contribution in [2.24, 2.45) is 5.73 Å². The molecule has 0 fully saturated rings. The number of amides is 2. The van der Waals surface area contributed by atoms with Crippen LogP contribution in [0.5, 0.6) is 0 Å². The largest absolute Gasteiger partial charge is 0.415 e. The molecule has 4 N–H and O–H groups in total. The summed E-state index contributed by atoms with van der Waals surface area (Å²) in [5.41, 5.74) is 1.36. The third-order valence-electron chi connectivity index (χ3n) is 2.30. The minimum Gasteiger partial charge on any atom is -0.350 e. The molecule has 0 aromatic heterocycles. The molecule has 2 unspecified atom stereocenters. The average molecular weight is 283 g/mol. The number of carbonyl (C=O) groups excluding carboxylic acids is 2. The van der Waals surface area contributed by atoms with Crippen LogP contribution in [0.1, 0.15) is 34.6 Å². The molecule has 0 saturated carbocycles. The van der Waals surface area contributed by atoms with Gasteiger partial charge in [-0.1, -0.05) is 0 Å². The van der Waals surface area contributed by atoms with E-state index in [0.717, 1.165) is 0 Å². The number of halogens is 3. The van der Waals surface area contributed by atoms with Crippen molar-refractivity contribution in [3.8, 4) is 0 Å². The molecule has 0 aromatic rings. The summed E-state index contributed by atoms with van der Waals surface area (Å²) in [6.07, 6.45) is -4.89. The van der Waals surface area contributed by atoms with E-state index in [9.17, 15) is 22.8 Å². The van der Waals surface area contributed by atoms with Crippen molar-refractivity contribution < 1.29 is 22.8 Å². The Bertz CT molecular complexity index is 359. The highest BCUT2D eigenvalue weighted by molar-refractivity contribution is 5.92. The Morgan fingerprint density at radius 2 is 1.53 bits per heavy atom. The van der Waals surface area contributed by atoms with Crippen LogP contribution in [0.3, 0.4) is 0 Å². The SMILES string of the molecule is CC(NC(=O)C(C)(N)C(F)(F)F)C(=O)NC(C)(C)C. The van der Waals surface area contributed by atoms with Gasteiger partial charge in [-0.2, -0.15) is 13.2 Å². The monoisotopic (exact) mass is 283 g/mol. The van der Waals surface area contributed by atoms with E-state index in [1.54, 1.807) is 20.8 Å². The maximum absolute atomic E-state index is 12.5. The van der Waals surface area contributed by atoms with E-state index in [2.05, 4.69) is 5.32 Å². The van der Waals surface area contributed by atoms with Crippen LogP contribution in [-0.4, -0.2) is 35.1 Å². The van der Waals surface area contributed by atoms with Crippen LogP contribution >= 0.6 is 0 Å². The zero-order chi connectivity index (χ0) is 15.6. The third-order valence-corrected chi connectivity index (χ3v) is 2.30. The van der Waals surface area contributed by atoms with Crippen molar-refractivity contribution in [2.45, 2.75) is 57.9 Å². The third kappa shape index (κ3) is 5.06. The number of hydrogen-bond acceptors (Lipinski definition) is 3. The van der Waals surface area contributed by atoms with Gasteiger partial charge in [-0.3, -0.25) is 9.59 Å². The van der Waals surface area contributed by atoms with Crippen LogP contribution in [0.15, 0.2) is 0 Å². The van der Waals surface area contributed by atoms with E-state index in [0.29, 0.717) is 6.92 Å². The van der Waals surface area contributed by atoms with Gasteiger partial charge in [-0.05, 0) is 34.6 Å². The maximum atomic E-state index is 12.5. The first kappa shape index (κ1) is 17.7. The van der Waals surface area contributed by atoms with Crippen molar-refractivity contribution in [1.82, 2.24) is 10.6 Å². The van der Waals surface area contributed by atoms with E-state index >= 15 is 0 Å². The smallest absolute Gasteiger partial charge is 0.350 e. The van der Waals surface area contributed by atoms with Crippen molar-refractivity contribution in [2.75, 3.05) is 0 Å². The molecule has 19 heavy (non-hydrogen) atoms. The molecule has 0 bridgehead atoms. The number of nitrogens with one attached hydrogen (secondary N) is 2. The van der Waals surface area contributed by atoms with Gasteiger partial charge in [-0.25, -0.2) is 0 Å². The summed E-state index contributed by atoms with van der Waals surface area (Å²) in [6, 6.07) is -1.11. The summed E-state index contributed by atoms with van der Waals surface area (Å²) in [5.74, 6) is -2.03. The quantitative estimate of drug-likeness (QED) is 0.712. The zero-order valence-corrected chi connectivity index (χ0v) is 11.6. The van der Waals surface area contributed by atoms with Gasteiger partial charge in [0.15, 0.2) is 5.54 Å². The second kappa shape index (κ2) is 5.36. The van der Waals surface area contributed by atoms with Gasteiger partial charge in [0.05, 0.1) is 0 Å². The van der Waals surface area contributed by atoms with Gasteiger partial charge >= 0.3 is 6.18 Å². The summed E-state index contributed by atoms with van der Waals surface area (Å²) < 4.78 is 37.6. The van der Waals surface area contributed by atoms with Gasteiger partial charge in [0.1, 0.15) is 6.04 Å². The minimum absolute atomic E-state index is 0.549. The van der Waals surface area contributed by atoms with Crippen LogP contribution in [0.2, 0.25) is 0 Å². The second-order valence-electron chi connectivity index (χ2n) is 5.63. The van der Waals surface area contributed by atoms with Gasteiger partial charge in [0.25, 0.3) is 0 Å². The van der Waals surface area contributed by atoms with Crippen molar-refractivity contribution in [3.05, 3.63) is 0 Å². The number of nitrogens with two attached hydrogens (primary N) is 1. The molecule has 0 aliphatic rings. The highest BCUT2D eigenvalue weighted by Gasteiger charge is 2.54. The minimum atomic E-state index is -4.89. The number of hydrogen-bond donors (Lipinski definition) is 3. The van der Waals surface area contributed by atoms with Gasteiger partial charge in [-0.15, -0.1) is 0 Å². The number of rotatable bonds is 3. The lowest BCUT2D eigenvalue weighted by atomic mass is 10.0. The first-order chi connectivity index (χ1) is 8.18. The lowest BCUT2D eigenvalue weighted by molar-refractivity contribution is -0.188. The average Bonchev–Trinajstić information content (AvgIpc) is 2.12. The van der Waals surface area contributed by atoms with Crippen LogP contribution in [0.25, 0.3) is 0 Å². The van der Waals surface area contributed by atoms with E-state index in [1.165, 1.54) is 6.92 Å².